The molecule has 0 aliphatic heterocycles. The van der Waals surface area contributed by atoms with E-state index in [0.29, 0.717) is 21.9 Å². The molecule has 0 saturated heterocycles. The summed E-state index contributed by atoms with van der Waals surface area (Å²) >= 11 is 6.01. The number of rotatable bonds is 4. The van der Waals surface area contributed by atoms with Gasteiger partial charge in [0.25, 0.3) is 5.91 Å². The molecule has 0 fully saturated rings. The van der Waals surface area contributed by atoms with E-state index in [1.54, 1.807) is 66.7 Å². The minimum absolute atomic E-state index is 0.192. The molecular weight excluding hydrogens is 378 g/mol. The summed E-state index contributed by atoms with van der Waals surface area (Å²) in [6.45, 7) is -0.286. The van der Waals surface area contributed by atoms with Crippen molar-refractivity contribution in [2.75, 3.05) is 11.9 Å². The molecule has 1 N–H and O–H groups in total. The summed E-state index contributed by atoms with van der Waals surface area (Å²) in [6.07, 6.45) is 0. The second kappa shape index (κ2) is 7.29. The average Bonchev–Trinajstić information content (AvgIpc) is 2.71. The third-order valence-corrected chi connectivity index (χ3v) is 4.73. The van der Waals surface area contributed by atoms with Gasteiger partial charge in [-0.1, -0.05) is 60.1 Å². The standard InChI is InChI=1S/C22H14ClNO4/c23-16-9-3-4-11-18(16)28-12-19(25)24-17-10-5-8-15-20(17)22(27)14-7-2-1-6-13(14)21(15)26/h1-11H,12H2,(H,24,25). The van der Waals surface area contributed by atoms with E-state index in [0.717, 1.165) is 0 Å². The van der Waals surface area contributed by atoms with Gasteiger partial charge in [-0.15, -0.1) is 0 Å². The van der Waals surface area contributed by atoms with Gasteiger partial charge in [0.15, 0.2) is 18.2 Å². The van der Waals surface area contributed by atoms with E-state index in [1.165, 1.54) is 0 Å². The Balaban J connectivity index is 1.59. The maximum atomic E-state index is 12.9. The molecule has 28 heavy (non-hydrogen) atoms. The molecule has 0 aromatic heterocycles. The van der Waals surface area contributed by atoms with Crippen molar-refractivity contribution in [3.05, 3.63) is 94.0 Å². The molecule has 0 atom stereocenters. The second-order valence-corrected chi connectivity index (χ2v) is 6.61. The third kappa shape index (κ3) is 3.17. The molecule has 0 radical (unpaired) electrons. The smallest absolute Gasteiger partial charge is 0.262 e. The van der Waals surface area contributed by atoms with Gasteiger partial charge in [-0.3, -0.25) is 14.4 Å². The first-order valence-corrected chi connectivity index (χ1v) is 8.92. The molecular formula is C22H14ClNO4. The van der Waals surface area contributed by atoms with Gasteiger partial charge in [0.1, 0.15) is 5.75 Å². The number of carbonyl (C=O) groups excluding carboxylic acids is 3. The molecule has 138 valence electrons. The molecule has 1 aliphatic rings. The molecule has 3 aromatic carbocycles. The summed E-state index contributed by atoms with van der Waals surface area (Å²) in [5.74, 6) is -0.622. The van der Waals surface area contributed by atoms with E-state index in [1.807, 2.05) is 0 Å². The lowest BCUT2D eigenvalue weighted by Crippen LogP contribution is -2.25. The van der Waals surface area contributed by atoms with E-state index < -0.39 is 5.91 Å². The number of ether oxygens (including phenoxy) is 1. The van der Waals surface area contributed by atoms with Crippen molar-refractivity contribution in [1.29, 1.82) is 0 Å². The van der Waals surface area contributed by atoms with Gasteiger partial charge < -0.3 is 10.1 Å². The van der Waals surface area contributed by atoms with Crippen molar-refractivity contribution in [2.24, 2.45) is 0 Å². The number of nitrogens with one attached hydrogen (secondary N) is 1. The van der Waals surface area contributed by atoms with Gasteiger partial charge in [0.05, 0.1) is 16.3 Å². The van der Waals surface area contributed by atoms with Crippen LogP contribution in [-0.4, -0.2) is 24.1 Å². The van der Waals surface area contributed by atoms with Crippen molar-refractivity contribution >= 4 is 34.8 Å². The van der Waals surface area contributed by atoms with Crippen LogP contribution in [0.5, 0.6) is 5.75 Å². The molecule has 0 spiro atoms. The number of hydrogen-bond acceptors (Lipinski definition) is 4. The van der Waals surface area contributed by atoms with Crippen LogP contribution in [0.3, 0.4) is 0 Å². The van der Waals surface area contributed by atoms with Crippen molar-refractivity contribution in [3.63, 3.8) is 0 Å². The van der Waals surface area contributed by atoms with Crippen molar-refractivity contribution < 1.29 is 19.1 Å². The molecule has 5 nitrogen and oxygen atoms in total. The first kappa shape index (κ1) is 17.9. The Bertz CT molecular complexity index is 1120. The second-order valence-electron chi connectivity index (χ2n) is 6.20. The number of hydrogen-bond donors (Lipinski definition) is 1. The zero-order valence-corrected chi connectivity index (χ0v) is 15.3. The summed E-state index contributed by atoms with van der Waals surface area (Å²) < 4.78 is 5.42. The number of anilines is 1. The van der Waals surface area contributed by atoms with Gasteiger partial charge in [-0.25, -0.2) is 0 Å². The molecule has 0 heterocycles. The molecule has 0 unspecified atom stereocenters. The molecule has 6 heteroatoms. The van der Waals surface area contributed by atoms with Crippen molar-refractivity contribution in [2.45, 2.75) is 0 Å². The topological polar surface area (TPSA) is 72.5 Å². The normalized spacial score (nSPS) is 12.2. The zero-order chi connectivity index (χ0) is 19.7. The summed E-state index contributed by atoms with van der Waals surface area (Å²) in [5, 5.41) is 3.05. The van der Waals surface area contributed by atoms with Crippen LogP contribution in [0.1, 0.15) is 31.8 Å². The van der Waals surface area contributed by atoms with E-state index >= 15 is 0 Å². The zero-order valence-electron chi connectivity index (χ0n) is 14.6. The van der Waals surface area contributed by atoms with Crippen LogP contribution in [0.15, 0.2) is 66.7 Å². The average molecular weight is 392 g/mol. The molecule has 0 bridgehead atoms. The fraction of sp³-hybridized carbons (Fsp3) is 0.0455. The molecule has 1 amide bonds. The van der Waals surface area contributed by atoms with Crippen LogP contribution < -0.4 is 10.1 Å². The summed E-state index contributed by atoms with van der Waals surface area (Å²) in [4.78, 5) is 38.0. The highest BCUT2D eigenvalue weighted by molar-refractivity contribution is 6.32. The Morgan fingerprint density at radius 3 is 2.21 bits per heavy atom. The fourth-order valence-electron chi connectivity index (χ4n) is 3.14. The van der Waals surface area contributed by atoms with E-state index in [-0.39, 0.29) is 35.0 Å². The molecule has 4 rings (SSSR count). The predicted molar refractivity (Wildman–Crippen MR) is 105 cm³/mol. The van der Waals surface area contributed by atoms with Gasteiger partial charge in [-0.05, 0) is 18.2 Å². The predicted octanol–water partition coefficient (Wildman–Crippen LogP) is 4.13. The highest BCUT2D eigenvalue weighted by Crippen LogP contribution is 2.32. The van der Waals surface area contributed by atoms with Crippen molar-refractivity contribution in [1.82, 2.24) is 0 Å². The highest BCUT2D eigenvalue weighted by atomic mass is 35.5. The van der Waals surface area contributed by atoms with E-state index in [4.69, 9.17) is 16.3 Å². The maximum absolute atomic E-state index is 12.9. The lowest BCUT2D eigenvalue weighted by atomic mass is 9.83. The summed E-state index contributed by atoms with van der Waals surface area (Å²) in [7, 11) is 0. The number of para-hydroxylation sites is 1. The van der Waals surface area contributed by atoms with E-state index in [9.17, 15) is 14.4 Å². The summed E-state index contributed by atoms with van der Waals surface area (Å²) in [6, 6.07) is 18.3. The van der Waals surface area contributed by atoms with Crippen LogP contribution in [0.25, 0.3) is 0 Å². The van der Waals surface area contributed by atoms with Crippen LogP contribution in [0, 0.1) is 0 Å². The Hall–Kier alpha value is -3.44. The van der Waals surface area contributed by atoms with Crippen molar-refractivity contribution in [3.8, 4) is 5.75 Å². The Labute approximate surface area is 165 Å². The molecule has 0 saturated carbocycles. The van der Waals surface area contributed by atoms with Crippen LogP contribution in [-0.2, 0) is 4.79 Å². The van der Waals surface area contributed by atoms with E-state index in [2.05, 4.69) is 5.32 Å². The largest absolute Gasteiger partial charge is 0.482 e. The van der Waals surface area contributed by atoms with Crippen LogP contribution in [0.2, 0.25) is 5.02 Å². The lowest BCUT2D eigenvalue weighted by Gasteiger charge is -2.20. The minimum atomic E-state index is -0.465. The van der Waals surface area contributed by atoms with Gasteiger partial charge in [-0.2, -0.15) is 0 Å². The number of amides is 1. The van der Waals surface area contributed by atoms with Crippen LogP contribution >= 0.6 is 11.6 Å². The number of benzene rings is 3. The van der Waals surface area contributed by atoms with Crippen LogP contribution in [0.4, 0.5) is 5.69 Å². The number of halogens is 1. The van der Waals surface area contributed by atoms with Gasteiger partial charge in [0.2, 0.25) is 0 Å². The SMILES string of the molecule is O=C(COc1ccccc1Cl)Nc1cccc2c1C(=O)c1ccccc1C2=O. The number of fused-ring (bicyclic) bond motifs is 2. The third-order valence-electron chi connectivity index (χ3n) is 4.42. The molecule has 1 aliphatic carbocycles. The summed E-state index contributed by atoms with van der Waals surface area (Å²) in [5.41, 5.74) is 1.43. The van der Waals surface area contributed by atoms with Gasteiger partial charge in [0, 0.05) is 16.7 Å². The molecule has 3 aromatic rings. The Morgan fingerprint density at radius 1 is 0.821 bits per heavy atom. The monoisotopic (exact) mass is 391 g/mol. The maximum Gasteiger partial charge on any atom is 0.262 e. The highest BCUT2D eigenvalue weighted by Gasteiger charge is 2.31. The first-order valence-electron chi connectivity index (χ1n) is 8.55. The first-order chi connectivity index (χ1) is 13.6. The quantitative estimate of drug-likeness (QED) is 0.567. The minimum Gasteiger partial charge on any atom is -0.482 e. The Morgan fingerprint density at radius 2 is 1.46 bits per heavy atom. The fourth-order valence-corrected chi connectivity index (χ4v) is 3.33. The Kier molecular flexibility index (Phi) is 4.67. The number of carbonyl (C=O) groups is 3. The lowest BCUT2D eigenvalue weighted by molar-refractivity contribution is -0.118. The number of ketones is 2. The van der Waals surface area contributed by atoms with Gasteiger partial charge >= 0.3 is 0 Å².